The summed E-state index contributed by atoms with van der Waals surface area (Å²) in [5.41, 5.74) is 5.71. The zero-order valence-corrected chi connectivity index (χ0v) is 9.32. The van der Waals surface area contributed by atoms with E-state index in [1.54, 1.807) is 14.1 Å². The van der Waals surface area contributed by atoms with Crippen LogP contribution >= 0.6 is 0 Å². The van der Waals surface area contributed by atoms with Crippen LogP contribution in [-0.4, -0.2) is 43.4 Å². The molecule has 1 rings (SSSR count). The number of likely N-dealkylation sites (N-methyl/N-ethyl adjacent to an activating group) is 1. The molecule has 3 N–H and O–H groups in total. The van der Waals surface area contributed by atoms with Crippen molar-refractivity contribution < 1.29 is 9.59 Å². The van der Waals surface area contributed by atoms with Crippen LogP contribution in [0.2, 0.25) is 0 Å². The van der Waals surface area contributed by atoms with Crippen LogP contribution in [0.4, 0.5) is 0 Å². The van der Waals surface area contributed by atoms with E-state index in [-0.39, 0.29) is 30.3 Å². The van der Waals surface area contributed by atoms with Gasteiger partial charge in [0.05, 0.1) is 6.54 Å². The van der Waals surface area contributed by atoms with Crippen molar-refractivity contribution in [2.45, 2.75) is 25.3 Å². The minimum absolute atomic E-state index is 0.00466. The lowest BCUT2D eigenvalue weighted by Gasteiger charge is -2.13. The van der Waals surface area contributed by atoms with E-state index in [1.807, 2.05) is 0 Å². The Labute approximate surface area is 90.0 Å². The van der Waals surface area contributed by atoms with E-state index in [9.17, 15) is 9.59 Å². The van der Waals surface area contributed by atoms with Gasteiger partial charge >= 0.3 is 0 Å². The van der Waals surface area contributed by atoms with Crippen LogP contribution in [0, 0.1) is 5.92 Å². The average molecular weight is 213 g/mol. The van der Waals surface area contributed by atoms with E-state index in [2.05, 4.69) is 5.32 Å². The second-order valence-corrected chi connectivity index (χ2v) is 4.28. The lowest BCUT2D eigenvalue weighted by Crippen LogP contribution is -2.38. The summed E-state index contributed by atoms with van der Waals surface area (Å²) in [6.07, 6.45) is 2.48. The number of rotatable bonds is 3. The first-order valence-electron chi connectivity index (χ1n) is 5.24. The monoisotopic (exact) mass is 213 g/mol. The number of nitrogens with zero attached hydrogens (tertiary/aromatic N) is 1. The standard InChI is InChI=1S/C10H19N3O2/c1-13(2)9(14)6-12-10(15)7-3-4-8(11)5-7/h7-8H,3-6,11H2,1-2H3,(H,12,15). The summed E-state index contributed by atoms with van der Waals surface area (Å²) in [5, 5.41) is 2.64. The van der Waals surface area contributed by atoms with Crippen molar-refractivity contribution in [2.75, 3.05) is 20.6 Å². The van der Waals surface area contributed by atoms with Gasteiger partial charge in [-0.15, -0.1) is 0 Å². The molecule has 1 fully saturated rings. The summed E-state index contributed by atoms with van der Waals surface area (Å²) in [4.78, 5) is 24.3. The second-order valence-electron chi connectivity index (χ2n) is 4.28. The molecule has 5 heteroatoms. The molecule has 0 bridgehead atoms. The van der Waals surface area contributed by atoms with Gasteiger partial charge in [0.1, 0.15) is 0 Å². The van der Waals surface area contributed by atoms with E-state index < -0.39 is 0 Å². The maximum absolute atomic E-state index is 11.6. The molecule has 0 saturated heterocycles. The van der Waals surface area contributed by atoms with Crippen molar-refractivity contribution in [1.82, 2.24) is 10.2 Å². The highest BCUT2D eigenvalue weighted by atomic mass is 16.2. The number of hydrogen-bond donors (Lipinski definition) is 2. The Morgan fingerprint density at radius 2 is 2.07 bits per heavy atom. The third kappa shape index (κ3) is 3.51. The van der Waals surface area contributed by atoms with Crippen LogP contribution in [0.15, 0.2) is 0 Å². The highest BCUT2D eigenvalue weighted by Crippen LogP contribution is 2.23. The summed E-state index contributed by atoms with van der Waals surface area (Å²) in [6, 6.07) is 0.144. The van der Waals surface area contributed by atoms with Gasteiger partial charge in [0.25, 0.3) is 0 Å². The van der Waals surface area contributed by atoms with E-state index in [4.69, 9.17) is 5.73 Å². The fraction of sp³-hybridized carbons (Fsp3) is 0.800. The van der Waals surface area contributed by atoms with Gasteiger partial charge in [-0.1, -0.05) is 0 Å². The van der Waals surface area contributed by atoms with Crippen molar-refractivity contribution in [3.05, 3.63) is 0 Å². The number of hydrogen-bond acceptors (Lipinski definition) is 3. The number of carbonyl (C=O) groups is 2. The molecule has 0 heterocycles. The zero-order valence-electron chi connectivity index (χ0n) is 9.32. The molecule has 0 spiro atoms. The maximum atomic E-state index is 11.6. The van der Waals surface area contributed by atoms with Gasteiger partial charge in [-0.3, -0.25) is 9.59 Å². The van der Waals surface area contributed by atoms with Crippen LogP contribution in [0.5, 0.6) is 0 Å². The molecule has 0 aliphatic heterocycles. The molecule has 2 amide bonds. The molecule has 15 heavy (non-hydrogen) atoms. The normalized spacial score (nSPS) is 25.0. The van der Waals surface area contributed by atoms with E-state index in [0.29, 0.717) is 0 Å². The first kappa shape index (κ1) is 12.0. The molecule has 0 aromatic carbocycles. The first-order chi connectivity index (χ1) is 7.00. The lowest BCUT2D eigenvalue weighted by molar-refractivity contribution is -0.132. The van der Waals surface area contributed by atoms with Gasteiger partial charge in [-0.2, -0.15) is 0 Å². The fourth-order valence-corrected chi connectivity index (χ4v) is 1.72. The smallest absolute Gasteiger partial charge is 0.241 e. The molecule has 2 unspecified atom stereocenters. The van der Waals surface area contributed by atoms with Crippen molar-refractivity contribution >= 4 is 11.8 Å². The predicted octanol–water partition coefficient (Wildman–Crippen LogP) is -0.682. The summed E-state index contributed by atoms with van der Waals surface area (Å²) >= 11 is 0. The molecule has 0 aromatic rings. The molecule has 2 atom stereocenters. The van der Waals surface area contributed by atoms with Crippen LogP contribution < -0.4 is 11.1 Å². The van der Waals surface area contributed by atoms with Crippen LogP contribution in [0.1, 0.15) is 19.3 Å². The van der Waals surface area contributed by atoms with Gasteiger partial charge in [-0.25, -0.2) is 0 Å². The summed E-state index contributed by atoms with van der Waals surface area (Å²) < 4.78 is 0. The SMILES string of the molecule is CN(C)C(=O)CNC(=O)C1CCC(N)C1. The second kappa shape index (κ2) is 5.11. The zero-order chi connectivity index (χ0) is 11.4. The van der Waals surface area contributed by atoms with Gasteiger partial charge in [-0.05, 0) is 19.3 Å². The van der Waals surface area contributed by atoms with E-state index in [1.165, 1.54) is 4.90 Å². The predicted molar refractivity (Wildman–Crippen MR) is 57.0 cm³/mol. The number of amides is 2. The molecule has 1 aliphatic rings. The Bertz CT molecular complexity index is 253. The fourth-order valence-electron chi connectivity index (χ4n) is 1.72. The van der Waals surface area contributed by atoms with Crippen LogP contribution in [-0.2, 0) is 9.59 Å². The number of carbonyl (C=O) groups excluding carboxylic acids is 2. The molecule has 86 valence electrons. The average Bonchev–Trinajstić information content (AvgIpc) is 2.60. The third-order valence-corrected chi connectivity index (χ3v) is 2.76. The Morgan fingerprint density at radius 1 is 1.40 bits per heavy atom. The van der Waals surface area contributed by atoms with E-state index in [0.717, 1.165) is 19.3 Å². The summed E-state index contributed by atoms with van der Waals surface area (Å²) in [7, 11) is 3.33. The van der Waals surface area contributed by atoms with Crippen molar-refractivity contribution in [1.29, 1.82) is 0 Å². The highest BCUT2D eigenvalue weighted by Gasteiger charge is 2.27. The summed E-state index contributed by atoms with van der Waals surface area (Å²) in [5.74, 6) is -0.140. The number of nitrogens with two attached hydrogens (primary N) is 1. The molecule has 0 radical (unpaired) electrons. The van der Waals surface area contributed by atoms with Crippen molar-refractivity contribution in [3.8, 4) is 0 Å². The van der Waals surface area contributed by atoms with Crippen LogP contribution in [0.3, 0.4) is 0 Å². The molecule has 0 aromatic heterocycles. The number of nitrogens with one attached hydrogen (secondary N) is 1. The molecule has 5 nitrogen and oxygen atoms in total. The Hall–Kier alpha value is -1.10. The molecule has 1 aliphatic carbocycles. The van der Waals surface area contributed by atoms with Crippen molar-refractivity contribution in [2.24, 2.45) is 11.7 Å². The first-order valence-corrected chi connectivity index (χ1v) is 5.24. The Balaban J connectivity index is 2.27. The minimum Gasteiger partial charge on any atom is -0.347 e. The third-order valence-electron chi connectivity index (χ3n) is 2.76. The summed E-state index contributed by atoms with van der Waals surface area (Å²) in [6.45, 7) is 0.0809. The van der Waals surface area contributed by atoms with Crippen molar-refractivity contribution in [3.63, 3.8) is 0 Å². The maximum Gasteiger partial charge on any atom is 0.241 e. The molecule has 1 saturated carbocycles. The minimum atomic E-state index is -0.0920. The molecular formula is C10H19N3O2. The van der Waals surface area contributed by atoms with Gasteiger partial charge in [0, 0.05) is 26.1 Å². The highest BCUT2D eigenvalue weighted by molar-refractivity contribution is 5.85. The quantitative estimate of drug-likeness (QED) is 0.652. The van der Waals surface area contributed by atoms with Gasteiger partial charge < -0.3 is 16.0 Å². The van der Waals surface area contributed by atoms with Gasteiger partial charge in [0.2, 0.25) is 11.8 Å². The topological polar surface area (TPSA) is 75.4 Å². The van der Waals surface area contributed by atoms with E-state index >= 15 is 0 Å². The van der Waals surface area contributed by atoms with Gasteiger partial charge in [0.15, 0.2) is 0 Å². The Kier molecular flexibility index (Phi) is 4.08. The molecular weight excluding hydrogens is 194 g/mol. The van der Waals surface area contributed by atoms with Crippen LogP contribution in [0.25, 0.3) is 0 Å². The lowest BCUT2D eigenvalue weighted by atomic mass is 10.1. The Morgan fingerprint density at radius 3 is 2.53 bits per heavy atom. The largest absolute Gasteiger partial charge is 0.347 e.